The van der Waals surface area contributed by atoms with Gasteiger partial charge in [-0.3, -0.25) is 4.79 Å². The summed E-state index contributed by atoms with van der Waals surface area (Å²) < 4.78 is 31.0. The third kappa shape index (κ3) is 4.03. The minimum atomic E-state index is -3.52. The zero-order valence-corrected chi connectivity index (χ0v) is 17.9. The van der Waals surface area contributed by atoms with Gasteiger partial charge in [0.25, 0.3) is 5.91 Å². The standard InChI is InChI=1S/C20H25N5O4S/c1-23(2)30(27,28)17-5-3-15(4-6-17)19(26)25-8-7-16-13-21-20(22-18(16)14-25)24-9-11-29-12-10-24/h3-6,13H,7-12,14H2,1-2H3. The van der Waals surface area contributed by atoms with E-state index in [2.05, 4.69) is 9.88 Å². The largest absolute Gasteiger partial charge is 0.378 e. The van der Waals surface area contributed by atoms with E-state index in [1.54, 1.807) is 17.0 Å². The summed E-state index contributed by atoms with van der Waals surface area (Å²) in [6, 6.07) is 6.07. The number of sulfonamides is 1. The van der Waals surface area contributed by atoms with E-state index >= 15 is 0 Å². The molecule has 1 aromatic carbocycles. The maximum atomic E-state index is 13.0. The Morgan fingerprint density at radius 1 is 1.10 bits per heavy atom. The van der Waals surface area contributed by atoms with Gasteiger partial charge in [0, 0.05) is 45.5 Å². The summed E-state index contributed by atoms with van der Waals surface area (Å²) in [5.74, 6) is 0.533. The van der Waals surface area contributed by atoms with E-state index in [-0.39, 0.29) is 10.8 Å². The number of amides is 1. The Kier molecular flexibility index (Phi) is 5.72. The van der Waals surface area contributed by atoms with Gasteiger partial charge < -0.3 is 14.5 Å². The molecule has 9 nitrogen and oxygen atoms in total. The fraction of sp³-hybridized carbons (Fsp3) is 0.450. The van der Waals surface area contributed by atoms with Crippen molar-refractivity contribution in [2.75, 3.05) is 51.8 Å². The first kappa shape index (κ1) is 20.7. The van der Waals surface area contributed by atoms with E-state index < -0.39 is 10.0 Å². The molecule has 0 N–H and O–H groups in total. The van der Waals surface area contributed by atoms with E-state index in [9.17, 15) is 13.2 Å². The topological polar surface area (TPSA) is 95.9 Å². The van der Waals surface area contributed by atoms with Crippen LogP contribution in [0.3, 0.4) is 0 Å². The van der Waals surface area contributed by atoms with Crippen molar-refractivity contribution in [3.05, 3.63) is 47.3 Å². The van der Waals surface area contributed by atoms with Crippen LogP contribution in [0, 0.1) is 0 Å². The molecule has 1 amide bonds. The molecular weight excluding hydrogens is 406 g/mol. The first-order chi connectivity index (χ1) is 14.4. The summed E-state index contributed by atoms with van der Waals surface area (Å²) in [5.41, 5.74) is 2.37. The van der Waals surface area contributed by atoms with Gasteiger partial charge in [-0.05, 0) is 36.2 Å². The van der Waals surface area contributed by atoms with Gasteiger partial charge in [-0.15, -0.1) is 0 Å². The van der Waals surface area contributed by atoms with Crippen LogP contribution < -0.4 is 4.90 Å². The highest BCUT2D eigenvalue weighted by atomic mass is 32.2. The van der Waals surface area contributed by atoms with Crippen LogP contribution in [-0.2, 0) is 27.7 Å². The Bertz CT molecular complexity index is 1030. The van der Waals surface area contributed by atoms with Gasteiger partial charge in [0.2, 0.25) is 16.0 Å². The van der Waals surface area contributed by atoms with Crippen LogP contribution in [-0.4, -0.2) is 80.4 Å². The zero-order chi connectivity index (χ0) is 21.3. The number of carbonyl (C=O) groups is 1. The number of carbonyl (C=O) groups excluding carboxylic acids is 1. The van der Waals surface area contributed by atoms with E-state index in [4.69, 9.17) is 9.72 Å². The fourth-order valence-corrected chi connectivity index (χ4v) is 4.45. The highest BCUT2D eigenvalue weighted by molar-refractivity contribution is 7.89. The monoisotopic (exact) mass is 431 g/mol. The molecule has 0 aliphatic carbocycles. The number of rotatable bonds is 4. The molecule has 2 aliphatic heterocycles. The van der Waals surface area contributed by atoms with Crippen molar-refractivity contribution in [1.29, 1.82) is 0 Å². The van der Waals surface area contributed by atoms with E-state index in [0.29, 0.717) is 44.2 Å². The lowest BCUT2D eigenvalue weighted by atomic mass is 10.1. The first-order valence-corrected chi connectivity index (χ1v) is 11.3. The second-order valence-corrected chi connectivity index (χ2v) is 9.68. The molecule has 0 bridgehead atoms. The van der Waals surface area contributed by atoms with Crippen LogP contribution in [0.25, 0.3) is 0 Å². The molecule has 0 spiro atoms. The number of fused-ring (bicyclic) bond motifs is 1. The summed E-state index contributed by atoms with van der Waals surface area (Å²) in [6.45, 7) is 3.80. The third-order valence-corrected chi connectivity index (χ3v) is 7.22. The Labute approximate surface area is 176 Å². The van der Waals surface area contributed by atoms with Gasteiger partial charge in [0.1, 0.15) is 0 Å². The number of benzene rings is 1. The maximum Gasteiger partial charge on any atom is 0.254 e. The number of anilines is 1. The van der Waals surface area contributed by atoms with Crippen LogP contribution >= 0.6 is 0 Å². The van der Waals surface area contributed by atoms with Crippen molar-refractivity contribution in [1.82, 2.24) is 19.2 Å². The number of hydrogen-bond acceptors (Lipinski definition) is 7. The normalized spacial score (nSPS) is 17.2. The van der Waals surface area contributed by atoms with Gasteiger partial charge in [0.05, 0.1) is 30.3 Å². The number of aromatic nitrogens is 2. The molecule has 3 heterocycles. The second kappa shape index (κ2) is 8.29. The van der Waals surface area contributed by atoms with Crippen molar-refractivity contribution >= 4 is 21.9 Å². The molecule has 30 heavy (non-hydrogen) atoms. The molecule has 0 radical (unpaired) electrons. The molecule has 160 valence electrons. The number of morpholine rings is 1. The molecule has 0 saturated carbocycles. The Morgan fingerprint density at radius 2 is 1.80 bits per heavy atom. The van der Waals surface area contributed by atoms with Crippen LogP contribution in [0.5, 0.6) is 0 Å². The van der Waals surface area contributed by atoms with E-state index in [1.165, 1.54) is 26.2 Å². The van der Waals surface area contributed by atoms with Gasteiger partial charge >= 0.3 is 0 Å². The van der Waals surface area contributed by atoms with E-state index in [1.807, 2.05) is 6.20 Å². The van der Waals surface area contributed by atoms with Crippen molar-refractivity contribution < 1.29 is 17.9 Å². The Hall–Kier alpha value is -2.56. The maximum absolute atomic E-state index is 13.0. The minimum Gasteiger partial charge on any atom is -0.378 e. The Morgan fingerprint density at radius 3 is 2.47 bits per heavy atom. The van der Waals surface area contributed by atoms with Crippen LogP contribution in [0.2, 0.25) is 0 Å². The molecule has 2 aromatic rings. The minimum absolute atomic E-state index is 0.138. The van der Waals surface area contributed by atoms with Crippen molar-refractivity contribution in [2.45, 2.75) is 17.9 Å². The molecule has 0 unspecified atom stereocenters. The van der Waals surface area contributed by atoms with Crippen LogP contribution in [0.4, 0.5) is 5.95 Å². The molecule has 0 atom stereocenters. The van der Waals surface area contributed by atoms with Crippen molar-refractivity contribution in [3.8, 4) is 0 Å². The van der Waals surface area contributed by atoms with Gasteiger partial charge in [-0.2, -0.15) is 0 Å². The first-order valence-electron chi connectivity index (χ1n) is 9.85. The fourth-order valence-electron chi connectivity index (χ4n) is 3.54. The van der Waals surface area contributed by atoms with E-state index in [0.717, 1.165) is 28.7 Å². The van der Waals surface area contributed by atoms with Gasteiger partial charge in [-0.25, -0.2) is 22.7 Å². The molecule has 10 heteroatoms. The smallest absolute Gasteiger partial charge is 0.254 e. The SMILES string of the molecule is CN(C)S(=O)(=O)c1ccc(C(=O)N2CCc3cnc(N4CCOCC4)nc3C2)cc1. The highest BCUT2D eigenvalue weighted by Gasteiger charge is 2.25. The summed E-state index contributed by atoms with van der Waals surface area (Å²) in [4.78, 5) is 26.2. The molecular formula is C20H25N5O4S. The predicted octanol–water partition coefficient (Wildman–Crippen LogP) is 0.762. The quantitative estimate of drug-likeness (QED) is 0.705. The lowest BCUT2D eigenvalue weighted by molar-refractivity contribution is 0.0731. The lowest BCUT2D eigenvalue weighted by Gasteiger charge is -2.30. The molecule has 1 aromatic heterocycles. The van der Waals surface area contributed by atoms with Crippen LogP contribution in [0.1, 0.15) is 21.6 Å². The van der Waals surface area contributed by atoms with Gasteiger partial charge in [0.15, 0.2) is 0 Å². The average Bonchev–Trinajstić information content (AvgIpc) is 2.78. The number of nitrogens with zero attached hydrogens (tertiary/aromatic N) is 5. The average molecular weight is 432 g/mol. The molecule has 1 saturated heterocycles. The second-order valence-electron chi connectivity index (χ2n) is 7.53. The summed E-state index contributed by atoms with van der Waals surface area (Å²) in [6.07, 6.45) is 2.55. The van der Waals surface area contributed by atoms with Crippen molar-refractivity contribution in [2.24, 2.45) is 0 Å². The summed E-state index contributed by atoms with van der Waals surface area (Å²) >= 11 is 0. The number of hydrogen-bond donors (Lipinski definition) is 0. The molecule has 4 rings (SSSR count). The number of ether oxygens (including phenoxy) is 1. The summed E-state index contributed by atoms with van der Waals surface area (Å²) in [7, 11) is -0.564. The predicted molar refractivity (Wildman–Crippen MR) is 111 cm³/mol. The highest BCUT2D eigenvalue weighted by Crippen LogP contribution is 2.22. The van der Waals surface area contributed by atoms with Gasteiger partial charge in [-0.1, -0.05) is 0 Å². The lowest BCUT2D eigenvalue weighted by Crippen LogP contribution is -2.39. The van der Waals surface area contributed by atoms with Crippen molar-refractivity contribution in [3.63, 3.8) is 0 Å². The Balaban J connectivity index is 1.50. The van der Waals surface area contributed by atoms with Crippen LogP contribution in [0.15, 0.2) is 35.4 Å². The summed E-state index contributed by atoms with van der Waals surface area (Å²) in [5, 5.41) is 0. The zero-order valence-electron chi connectivity index (χ0n) is 17.1. The molecule has 1 fully saturated rings. The molecule has 2 aliphatic rings. The third-order valence-electron chi connectivity index (χ3n) is 5.39.